The van der Waals surface area contributed by atoms with Crippen LogP contribution in [0.15, 0.2) is 54.1 Å². The van der Waals surface area contributed by atoms with E-state index in [9.17, 15) is 14.9 Å². The largest absolute Gasteiger partial charge is 0.494 e. The van der Waals surface area contributed by atoms with Crippen LogP contribution in [0.2, 0.25) is 0 Å². The minimum Gasteiger partial charge on any atom is -0.494 e. The highest BCUT2D eigenvalue weighted by Gasteiger charge is 2.10. The molecule has 0 atom stereocenters. The van der Waals surface area contributed by atoms with Crippen LogP contribution in [0.5, 0.6) is 5.75 Å². The normalized spacial score (nSPS) is 10.7. The van der Waals surface area contributed by atoms with Crippen molar-refractivity contribution in [2.75, 3.05) is 11.9 Å². The molecule has 0 saturated carbocycles. The third kappa shape index (κ3) is 6.01. The van der Waals surface area contributed by atoms with Gasteiger partial charge in [-0.2, -0.15) is 5.26 Å². The molecule has 0 aliphatic carbocycles. The summed E-state index contributed by atoms with van der Waals surface area (Å²) in [5, 5.41) is 11.9. The first-order valence-electron chi connectivity index (χ1n) is 8.59. The summed E-state index contributed by atoms with van der Waals surface area (Å²) in [4.78, 5) is 23.4. The second kappa shape index (κ2) is 9.78. The van der Waals surface area contributed by atoms with E-state index in [1.807, 2.05) is 6.07 Å². The van der Waals surface area contributed by atoms with Gasteiger partial charge in [0.1, 0.15) is 17.4 Å². The lowest BCUT2D eigenvalue weighted by Gasteiger charge is -2.06. The third-order valence-electron chi connectivity index (χ3n) is 3.75. The molecule has 2 aromatic rings. The van der Waals surface area contributed by atoms with Crippen molar-refractivity contribution < 1.29 is 14.3 Å². The number of nitriles is 1. The summed E-state index contributed by atoms with van der Waals surface area (Å²) in [6.45, 7) is 2.75. The number of carbonyl (C=O) groups is 2. The molecule has 0 spiro atoms. The number of nitrogens with two attached hydrogens (primary N) is 1. The fourth-order valence-electron chi connectivity index (χ4n) is 2.23. The summed E-state index contributed by atoms with van der Waals surface area (Å²) in [7, 11) is 0. The van der Waals surface area contributed by atoms with Gasteiger partial charge in [0.2, 0.25) is 5.91 Å². The van der Waals surface area contributed by atoms with E-state index in [0.717, 1.165) is 18.6 Å². The summed E-state index contributed by atoms with van der Waals surface area (Å²) < 4.78 is 5.59. The SMILES string of the molecule is CCCCOc1ccc(/C=C(\C#N)C(=O)Nc2ccc(C(N)=O)cc2)cc1. The first-order chi connectivity index (χ1) is 13.0. The Hall–Kier alpha value is -3.59. The zero-order valence-corrected chi connectivity index (χ0v) is 15.1. The topological polar surface area (TPSA) is 105 Å². The van der Waals surface area contributed by atoms with Gasteiger partial charge in [0.05, 0.1) is 6.61 Å². The number of nitrogens with one attached hydrogen (secondary N) is 1. The number of primary amides is 1. The number of nitrogens with zero attached hydrogens (tertiary/aromatic N) is 1. The third-order valence-corrected chi connectivity index (χ3v) is 3.75. The van der Waals surface area contributed by atoms with Crippen molar-refractivity contribution in [1.82, 2.24) is 0 Å². The molecule has 2 aromatic carbocycles. The van der Waals surface area contributed by atoms with Gasteiger partial charge in [-0.05, 0) is 54.5 Å². The molecule has 0 radical (unpaired) electrons. The second-order valence-corrected chi connectivity index (χ2v) is 5.84. The van der Waals surface area contributed by atoms with Crippen molar-refractivity contribution in [3.63, 3.8) is 0 Å². The van der Waals surface area contributed by atoms with Crippen LogP contribution >= 0.6 is 0 Å². The van der Waals surface area contributed by atoms with Gasteiger partial charge in [-0.3, -0.25) is 9.59 Å². The van der Waals surface area contributed by atoms with Crippen molar-refractivity contribution in [2.24, 2.45) is 5.73 Å². The van der Waals surface area contributed by atoms with Crippen LogP contribution in [-0.4, -0.2) is 18.4 Å². The molecule has 0 aliphatic rings. The Bertz CT molecular complexity index is 863. The van der Waals surface area contributed by atoms with Gasteiger partial charge in [-0.25, -0.2) is 0 Å². The van der Waals surface area contributed by atoms with Crippen molar-refractivity contribution in [3.8, 4) is 11.8 Å². The Morgan fingerprint density at radius 1 is 1.15 bits per heavy atom. The number of carbonyl (C=O) groups excluding carboxylic acids is 2. The van der Waals surface area contributed by atoms with E-state index >= 15 is 0 Å². The lowest BCUT2D eigenvalue weighted by atomic mass is 10.1. The zero-order valence-electron chi connectivity index (χ0n) is 15.1. The highest BCUT2D eigenvalue weighted by Crippen LogP contribution is 2.16. The van der Waals surface area contributed by atoms with Crippen molar-refractivity contribution in [2.45, 2.75) is 19.8 Å². The van der Waals surface area contributed by atoms with E-state index in [0.29, 0.717) is 23.4 Å². The molecule has 2 rings (SSSR count). The molecular weight excluding hydrogens is 342 g/mol. The second-order valence-electron chi connectivity index (χ2n) is 5.84. The number of anilines is 1. The fourth-order valence-corrected chi connectivity index (χ4v) is 2.23. The molecule has 0 aliphatic heterocycles. The lowest BCUT2D eigenvalue weighted by Crippen LogP contribution is -2.14. The molecule has 2 amide bonds. The van der Waals surface area contributed by atoms with Crippen LogP contribution in [0.25, 0.3) is 6.08 Å². The minimum atomic E-state index is -0.549. The number of amides is 2. The maximum absolute atomic E-state index is 12.3. The van der Waals surface area contributed by atoms with E-state index in [4.69, 9.17) is 10.5 Å². The van der Waals surface area contributed by atoms with E-state index in [-0.39, 0.29) is 5.57 Å². The van der Waals surface area contributed by atoms with Crippen LogP contribution in [-0.2, 0) is 4.79 Å². The maximum atomic E-state index is 12.3. The molecule has 0 bridgehead atoms. The number of hydrogen-bond acceptors (Lipinski definition) is 4. The number of rotatable bonds is 8. The first-order valence-corrected chi connectivity index (χ1v) is 8.59. The highest BCUT2D eigenvalue weighted by molar-refractivity contribution is 6.09. The van der Waals surface area contributed by atoms with Crippen LogP contribution < -0.4 is 15.8 Å². The predicted octanol–water partition coefficient (Wildman–Crippen LogP) is 3.51. The Morgan fingerprint density at radius 3 is 2.37 bits per heavy atom. The van der Waals surface area contributed by atoms with Gasteiger partial charge >= 0.3 is 0 Å². The van der Waals surface area contributed by atoms with Crippen molar-refractivity contribution in [1.29, 1.82) is 5.26 Å². The highest BCUT2D eigenvalue weighted by atomic mass is 16.5. The average Bonchev–Trinajstić information content (AvgIpc) is 2.67. The van der Waals surface area contributed by atoms with Gasteiger partial charge in [-0.15, -0.1) is 0 Å². The molecule has 0 heterocycles. The molecule has 0 aromatic heterocycles. The van der Waals surface area contributed by atoms with Crippen LogP contribution in [0.4, 0.5) is 5.69 Å². The summed E-state index contributed by atoms with van der Waals surface area (Å²) in [6.07, 6.45) is 3.55. The van der Waals surface area contributed by atoms with E-state index in [1.165, 1.54) is 18.2 Å². The molecular formula is C21H21N3O3. The van der Waals surface area contributed by atoms with Gasteiger partial charge < -0.3 is 15.8 Å². The van der Waals surface area contributed by atoms with Crippen LogP contribution in [0, 0.1) is 11.3 Å². The summed E-state index contributed by atoms with van der Waals surface area (Å²) >= 11 is 0. The van der Waals surface area contributed by atoms with Crippen LogP contribution in [0.1, 0.15) is 35.7 Å². The number of benzene rings is 2. The molecule has 0 unspecified atom stereocenters. The standard InChI is InChI=1S/C21H21N3O3/c1-2-3-12-27-19-10-4-15(5-11-19)13-17(14-22)21(26)24-18-8-6-16(7-9-18)20(23)25/h4-11,13H,2-3,12H2,1H3,(H2,23,25)(H,24,26)/b17-13+. The smallest absolute Gasteiger partial charge is 0.266 e. The van der Waals surface area contributed by atoms with E-state index in [1.54, 1.807) is 36.4 Å². The lowest BCUT2D eigenvalue weighted by molar-refractivity contribution is -0.112. The Kier molecular flexibility index (Phi) is 7.15. The van der Waals surface area contributed by atoms with Crippen molar-refractivity contribution in [3.05, 3.63) is 65.2 Å². The molecule has 0 fully saturated rings. The van der Waals surface area contributed by atoms with Gasteiger partial charge in [0.25, 0.3) is 5.91 Å². The average molecular weight is 363 g/mol. The number of unbranched alkanes of at least 4 members (excludes halogenated alkanes) is 1. The van der Waals surface area contributed by atoms with E-state index in [2.05, 4.69) is 12.2 Å². The predicted molar refractivity (Wildman–Crippen MR) is 104 cm³/mol. The molecule has 138 valence electrons. The Balaban J connectivity index is 2.05. The van der Waals surface area contributed by atoms with Crippen LogP contribution in [0.3, 0.4) is 0 Å². The minimum absolute atomic E-state index is 0.0337. The maximum Gasteiger partial charge on any atom is 0.266 e. The zero-order chi connectivity index (χ0) is 19.6. The number of hydrogen-bond donors (Lipinski definition) is 2. The Labute approximate surface area is 158 Å². The molecule has 27 heavy (non-hydrogen) atoms. The molecule has 6 nitrogen and oxygen atoms in total. The Morgan fingerprint density at radius 2 is 1.81 bits per heavy atom. The van der Waals surface area contributed by atoms with Gasteiger partial charge in [-0.1, -0.05) is 25.5 Å². The fraction of sp³-hybridized carbons (Fsp3) is 0.190. The summed E-state index contributed by atoms with van der Waals surface area (Å²) in [5.41, 5.74) is 6.66. The van der Waals surface area contributed by atoms with Gasteiger partial charge in [0.15, 0.2) is 0 Å². The van der Waals surface area contributed by atoms with Crippen molar-refractivity contribution >= 4 is 23.6 Å². The number of ether oxygens (including phenoxy) is 1. The van der Waals surface area contributed by atoms with E-state index < -0.39 is 11.8 Å². The van der Waals surface area contributed by atoms with Gasteiger partial charge in [0, 0.05) is 11.3 Å². The molecule has 0 saturated heterocycles. The monoisotopic (exact) mass is 363 g/mol. The summed E-state index contributed by atoms with van der Waals surface area (Å²) in [6, 6.07) is 15.2. The quantitative estimate of drug-likeness (QED) is 0.425. The molecule has 6 heteroatoms. The first kappa shape index (κ1) is 19.7. The molecule has 3 N–H and O–H groups in total. The summed E-state index contributed by atoms with van der Waals surface area (Å²) in [5.74, 6) is -0.335.